The van der Waals surface area contributed by atoms with E-state index in [4.69, 9.17) is 4.74 Å². The Morgan fingerprint density at radius 3 is 2.12 bits per heavy atom. The Morgan fingerprint density at radius 2 is 1.61 bits per heavy atom. The van der Waals surface area contributed by atoms with Gasteiger partial charge in [-0.2, -0.15) is 0 Å². The van der Waals surface area contributed by atoms with Gasteiger partial charge in [-0.25, -0.2) is 4.79 Å². The Labute approximate surface area is 195 Å². The molecule has 1 aliphatic carbocycles. The second-order valence-corrected chi connectivity index (χ2v) is 9.34. The number of hydrogen-bond acceptors (Lipinski definition) is 5. The van der Waals surface area contributed by atoms with Crippen molar-refractivity contribution in [3.8, 4) is 0 Å². The molecule has 178 valence electrons. The molecular formula is C26H34N2O5. The van der Waals surface area contributed by atoms with E-state index in [-0.39, 0.29) is 23.8 Å². The SMILES string of the molecule is CCc1ccc(C(C)NC(=O)COC(=O)C(CC(C)C)N2C(=O)C3CC=CCC3C2=O)cc1. The molecule has 0 spiro atoms. The van der Waals surface area contributed by atoms with Crippen LogP contribution in [0.4, 0.5) is 0 Å². The van der Waals surface area contributed by atoms with Gasteiger partial charge >= 0.3 is 5.97 Å². The molecule has 2 aliphatic rings. The Bertz CT molecular complexity index is 895. The minimum absolute atomic E-state index is 0.0591. The minimum atomic E-state index is -1.01. The van der Waals surface area contributed by atoms with Crippen LogP contribution in [0.25, 0.3) is 0 Å². The lowest BCUT2D eigenvalue weighted by Crippen LogP contribution is -2.47. The number of nitrogens with zero attached hydrogens (tertiary/aromatic N) is 1. The van der Waals surface area contributed by atoms with Crippen molar-refractivity contribution >= 4 is 23.7 Å². The van der Waals surface area contributed by atoms with Gasteiger partial charge in [0.05, 0.1) is 17.9 Å². The predicted octanol–water partition coefficient (Wildman–Crippen LogP) is 3.34. The lowest BCUT2D eigenvalue weighted by Gasteiger charge is -2.26. The molecule has 1 aromatic rings. The molecule has 33 heavy (non-hydrogen) atoms. The van der Waals surface area contributed by atoms with Crippen LogP contribution in [0, 0.1) is 17.8 Å². The van der Waals surface area contributed by atoms with Gasteiger partial charge in [0.1, 0.15) is 6.04 Å². The number of esters is 1. The van der Waals surface area contributed by atoms with Crippen LogP contribution < -0.4 is 5.32 Å². The van der Waals surface area contributed by atoms with Crippen molar-refractivity contribution in [1.29, 1.82) is 0 Å². The minimum Gasteiger partial charge on any atom is -0.454 e. The van der Waals surface area contributed by atoms with Crippen molar-refractivity contribution in [2.45, 2.75) is 65.5 Å². The standard InChI is InChI=1S/C26H34N2O5/c1-5-18-10-12-19(13-11-18)17(4)27-23(29)15-33-26(32)22(14-16(2)3)28-24(30)20-8-6-7-9-21(20)25(28)31/h6-7,10-13,16-17,20-22H,5,8-9,14-15H2,1-4H3,(H,27,29). The number of nitrogens with one attached hydrogen (secondary N) is 1. The second-order valence-electron chi connectivity index (χ2n) is 9.34. The highest BCUT2D eigenvalue weighted by Crippen LogP contribution is 2.37. The number of ether oxygens (including phenoxy) is 1. The summed E-state index contributed by atoms with van der Waals surface area (Å²) in [5.41, 5.74) is 2.16. The number of allylic oxidation sites excluding steroid dienone is 2. The Kier molecular flexibility index (Phi) is 8.06. The lowest BCUT2D eigenvalue weighted by molar-refractivity contribution is -0.161. The summed E-state index contributed by atoms with van der Waals surface area (Å²) in [5.74, 6) is -2.54. The molecule has 7 nitrogen and oxygen atoms in total. The number of hydrogen-bond donors (Lipinski definition) is 1. The molecule has 0 radical (unpaired) electrons. The van der Waals surface area contributed by atoms with Gasteiger partial charge in [-0.3, -0.25) is 19.3 Å². The second kappa shape index (κ2) is 10.8. The van der Waals surface area contributed by atoms with Crippen LogP contribution in [0.15, 0.2) is 36.4 Å². The summed E-state index contributed by atoms with van der Waals surface area (Å²) < 4.78 is 5.29. The summed E-state index contributed by atoms with van der Waals surface area (Å²) in [6.45, 7) is 7.31. The number of carbonyl (C=O) groups is 4. The molecule has 1 N–H and O–H groups in total. The number of amides is 3. The van der Waals surface area contributed by atoms with Gasteiger partial charge in [0.15, 0.2) is 6.61 Å². The quantitative estimate of drug-likeness (QED) is 0.351. The van der Waals surface area contributed by atoms with Crippen LogP contribution in [-0.2, 0) is 30.3 Å². The van der Waals surface area contributed by atoms with Gasteiger partial charge in [0.25, 0.3) is 5.91 Å². The van der Waals surface area contributed by atoms with Crippen LogP contribution in [-0.4, -0.2) is 41.2 Å². The maximum absolute atomic E-state index is 12.9. The van der Waals surface area contributed by atoms with Crippen molar-refractivity contribution in [3.63, 3.8) is 0 Å². The zero-order valence-corrected chi connectivity index (χ0v) is 19.9. The fourth-order valence-electron chi connectivity index (χ4n) is 4.53. The lowest BCUT2D eigenvalue weighted by atomic mass is 9.85. The normalized spacial score (nSPS) is 21.7. The largest absolute Gasteiger partial charge is 0.454 e. The van der Waals surface area contributed by atoms with E-state index >= 15 is 0 Å². The number of likely N-dealkylation sites (tertiary alicyclic amines) is 1. The molecular weight excluding hydrogens is 420 g/mol. The van der Waals surface area contributed by atoms with Crippen LogP contribution in [0.3, 0.4) is 0 Å². The van der Waals surface area contributed by atoms with Crippen LogP contribution in [0.2, 0.25) is 0 Å². The number of imide groups is 1. The summed E-state index contributed by atoms with van der Waals surface area (Å²) in [6, 6.07) is 6.71. The first-order valence-electron chi connectivity index (χ1n) is 11.8. The molecule has 1 aliphatic heterocycles. The van der Waals surface area contributed by atoms with Crippen LogP contribution in [0.5, 0.6) is 0 Å². The number of aryl methyl sites for hydroxylation is 1. The predicted molar refractivity (Wildman–Crippen MR) is 124 cm³/mol. The zero-order valence-electron chi connectivity index (χ0n) is 19.9. The number of benzene rings is 1. The molecule has 7 heteroatoms. The molecule has 1 saturated heterocycles. The summed E-state index contributed by atoms with van der Waals surface area (Å²) in [5, 5.41) is 2.82. The first kappa shape index (κ1) is 24.7. The van der Waals surface area contributed by atoms with Gasteiger partial charge in [-0.1, -0.05) is 57.2 Å². The van der Waals surface area contributed by atoms with Gasteiger partial charge in [0.2, 0.25) is 11.8 Å². The van der Waals surface area contributed by atoms with Gasteiger partial charge < -0.3 is 10.1 Å². The number of fused-ring (bicyclic) bond motifs is 1. The summed E-state index contributed by atoms with van der Waals surface area (Å²) in [6.07, 6.45) is 6.07. The maximum atomic E-state index is 12.9. The molecule has 4 atom stereocenters. The van der Waals surface area contributed by atoms with Gasteiger partial charge in [-0.05, 0) is 49.7 Å². The maximum Gasteiger partial charge on any atom is 0.329 e. The van der Waals surface area contributed by atoms with Crippen molar-refractivity contribution in [2.75, 3.05) is 6.61 Å². The van der Waals surface area contributed by atoms with E-state index in [9.17, 15) is 19.2 Å². The fourth-order valence-corrected chi connectivity index (χ4v) is 4.53. The third kappa shape index (κ3) is 5.70. The Hall–Kier alpha value is -2.96. The number of carbonyl (C=O) groups excluding carboxylic acids is 4. The van der Waals surface area contributed by atoms with E-state index in [2.05, 4.69) is 12.2 Å². The molecule has 1 fully saturated rings. The van der Waals surface area contributed by atoms with E-state index in [1.165, 1.54) is 5.56 Å². The smallest absolute Gasteiger partial charge is 0.329 e. The zero-order chi connectivity index (χ0) is 24.1. The van der Waals surface area contributed by atoms with Crippen molar-refractivity contribution < 1.29 is 23.9 Å². The van der Waals surface area contributed by atoms with E-state index in [1.807, 2.05) is 57.2 Å². The summed E-state index contributed by atoms with van der Waals surface area (Å²) >= 11 is 0. The van der Waals surface area contributed by atoms with Crippen molar-refractivity contribution in [2.24, 2.45) is 17.8 Å². The van der Waals surface area contributed by atoms with Gasteiger partial charge in [0, 0.05) is 0 Å². The van der Waals surface area contributed by atoms with E-state index in [0.717, 1.165) is 16.9 Å². The highest BCUT2D eigenvalue weighted by Gasteiger charge is 2.51. The monoisotopic (exact) mass is 454 g/mol. The highest BCUT2D eigenvalue weighted by molar-refractivity contribution is 6.08. The van der Waals surface area contributed by atoms with Crippen molar-refractivity contribution in [3.05, 3.63) is 47.5 Å². The molecule has 0 aromatic heterocycles. The van der Waals surface area contributed by atoms with E-state index < -0.39 is 36.4 Å². The highest BCUT2D eigenvalue weighted by atomic mass is 16.5. The average Bonchev–Trinajstić information content (AvgIpc) is 3.06. The molecule has 1 aromatic carbocycles. The third-order valence-electron chi connectivity index (χ3n) is 6.43. The summed E-state index contributed by atoms with van der Waals surface area (Å²) in [7, 11) is 0. The van der Waals surface area contributed by atoms with Crippen molar-refractivity contribution in [1.82, 2.24) is 10.2 Å². The summed E-state index contributed by atoms with van der Waals surface area (Å²) in [4.78, 5) is 52.3. The molecule has 0 bridgehead atoms. The van der Waals surface area contributed by atoms with E-state index in [1.54, 1.807) is 0 Å². The molecule has 0 saturated carbocycles. The Morgan fingerprint density at radius 1 is 1.03 bits per heavy atom. The molecule has 1 heterocycles. The van der Waals surface area contributed by atoms with Gasteiger partial charge in [-0.15, -0.1) is 0 Å². The molecule has 3 amide bonds. The molecule has 4 unspecified atom stereocenters. The Balaban J connectivity index is 1.61. The van der Waals surface area contributed by atoms with E-state index in [0.29, 0.717) is 19.3 Å². The topological polar surface area (TPSA) is 92.8 Å². The fraction of sp³-hybridized carbons (Fsp3) is 0.538. The average molecular weight is 455 g/mol. The van der Waals surface area contributed by atoms with Crippen LogP contribution in [0.1, 0.15) is 64.1 Å². The third-order valence-corrected chi connectivity index (χ3v) is 6.43. The van der Waals surface area contributed by atoms with Crippen LogP contribution >= 0.6 is 0 Å². The first-order valence-corrected chi connectivity index (χ1v) is 11.8. The molecule has 3 rings (SSSR count). The number of rotatable bonds is 9. The first-order chi connectivity index (χ1) is 15.7.